The van der Waals surface area contributed by atoms with Gasteiger partial charge in [0, 0.05) is 32.8 Å². The van der Waals surface area contributed by atoms with Gasteiger partial charge in [-0.1, -0.05) is 19.3 Å². The average molecular weight is 341 g/mol. The van der Waals surface area contributed by atoms with Gasteiger partial charge in [0.25, 0.3) is 0 Å². The van der Waals surface area contributed by atoms with Gasteiger partial charge in [-0.25, -0.2) is 0 Å². The molecule has 5 heteroatoms. The highest BCUT2D eigenvalue weighted by atomic mass is 16.5. The maximum absolute atomic E-state index is 5.65. The summed E-state index contributed by atoms with van der Waals surface area (Å²) in [5, 5.41) is 6.76. The lowest BCUT2D eigenvalue weighted by Crippen LogP contribution is -2.37. The molecule has 0 saturated heterocycles. The molecule has 0 unspecified atom stereocenters. The second kappa shape index (κ2) is 14.5. The van der Waals surface area contributed by atoms with Crippen LogP contribution in [0.1, 0.15) is 58.3 Å². The minimum absolute atomic E-state index is 0.838. The second-order valence-corrected chi connectivity index (χ2v) is 7.13. The van der Waals surface area contributed by atoms with Crippen LogP contribution >= 0.6 is 0 Å². The Hall–Kier alpha value is -0.810. The summed E-state index contributed by atoms with van der Waals surface area (Å²) in [4.78, 5) is 6.88. The molecule has 1 fully saturated rings. The van der Waals surface area contributed by atoms with Gasteiger partial charge in [0.2, 0.25) is 0 Å². The van der Waals surface area contributed by atoms with Crippen LogP contribution in [0.4, 0.5) is 0 Å². The number of unbranched alkanes of at least 4 members (excludes halogenated alkanes) is 4. The molecule has 1 rings (SSSR count). The average Bonchev–Trinajstić information content (AvgIpc) is 3.37. The molecule has 0 spiro atoms. The first-order valence-corrected chi connectivity index (χ1v) is 9.97. The van der Waals surface area contributed by atoms with Gasteiger partial charge >= 0.3 is 0 Å². The molecule has 0 heterocycles. The number of nitrogens with one attached hydrogen (secondary N) is 2. The summed E-state index contributed by atoms with van der Waals surface area (Å²) in [5.41, 5.74) is 0. The Morgan fingerprint density at radius 1 is 1.04 bits per heavy atom. The molecule has 2 N–H and O–H groups in total. The highest BCUT2D eigenvalue weighted by molar-refractivity contribution is 5.79. The van der Waals surface area contributed by atoms with Crippen LogP contribution in [-0.2, 0) is 4.74 Å². The molecular formula is C19H40N4O. The third-order valence-electron chi connectivity index (χ3n) is 4.19. The Morgan fingerprint density at radius 3 is 2.50 bits per heavy atom. The van der Waals surface area contributed by atoms with E-state index in [1.54, 1.807) is 0 Å². The van der Waals surface area contributed by atoms with E-state index >= 15 is 0 Å². The van der Waals surface area contributed by atoms with Crippen LogP contribution < -0.4 is 10.6 Å². The van der Waals surface area contributed by atoms with Crippen molar-refractivity contribution in [1.29, 1.82) is 0 Å². The van der Waals surface area contributed by atoms with Gasteiger partial charge < -0.3 is 20.3 Å². The van der Waals surface area contributed by atoms with Gasteiger partial charge in [0.1, 0.15) is 0 Å². The lowest BCUT2D eigenvalue weighted by molar-refractivity contribution is 0.123. The quantitative estimate of drug-likeness (QED) is 0.273. The summed E-state index contributed by atoms with van der Waals surface area (Å²) in [6.07, 6.45) is 10.2. The van der Waals surface area contributed by atoms with Gasteiger partial charge in [0.05, 0.1) is 0 Å². The second-order valence-electron chi connectivity index (χ2n) is 7.13. The fourth-order valence-electron chi connectivity index (χ4n) is 2.52. The summed E-state index contributed by atoms with van der Waals surface area (Å²) in [7, 11) is 4.29. The molecule has 1 saturated carbocycles. The Labute approximate surface area is 149 Å². The number of aliphatic imine (C=N–C) groups is 1. The van der Waals surface area contributed by atoms with E-state index in [1.165, 1.54) is 51.5 Å². The number of guanidine groups is 1. The van der Waals surface area contributed by atoms with E-state index in [4.69, 9.17) is 4.74 Å². The zero-order valence-corrected chi connectivity index (χ0v) is 16.3. The molecule has 0 atom stereocenters. The fourth-order valence-corrected chi connectivity index (χ4v) is 2.52. The van der Waals surface area contributed by atoms with Crippen LogP contribution in [0.2, 0.25) is 0 Å². The highest BCUT2D eigenvalue weighted by Crippen LogP contribution is 2.28. The molecule has 0 aromatic heterocycles. The number of hydrogen-bond acceptors (Lipinski definition) is 3. The summed E-state index contributed by atoms with van der Waals surface area (Å²) in [6.45, 7) is 7.88. The van der Waals surface area contributed by atoms with Crippen molar-refractivity contribution in [3.8, 4) is 0 Å². The zero-order chi connectivity index (χ0) is 17.5. The monoisotopic (exact) mass is 340 g/mol. The van der Waals surface area contributed by atoms with Gasteiger partial charge in [-0.2, -0.15) is 0 Å². The third kappa shape index (κ3) is 13.6. The molecule has 0 amide bonds. The van der Waals surface area contributed by atoms with Crippen LogP contribution in [-0.4, -0.2) is 64.3 Å². The minimum atomic E-state index is 0.838. The molecular weight excluding hydrogens is 300 g/mol. The van der Waals surface area contributed by atoms with Crippen LogP contribution in [0, 0.1) is 5.92 Å². The first kappa shape index (κ1) is 21.2. The van der Waals surface area contributed by atoms with E-state index < -0.39 is 0 Å². The third-order valence-corrected chi connectivity index (χ3v) is 4.19. The lowest BCUT2D eigenvalue weighted by atomic mass is 10.1. The minimum Gasteiger partial charge on any atom is -0.381 e. The van der Waals surface area contributed by atoms with Crippen molar-refractivity contribution in [3.63, 3.8) is 0 Å². The van der Waals surface area contributed by atoms with E-state index in [0.29, 0.717) is 0 Å². The van der Waals surface area contributed by atoms with Crippen molar-refractivity contribution < 1.29 is 4.74 Å². The summed E-state index contributed by atoms with van der Waals surface area (Å²) < 4.78 is 5.65. The molecule has 0 aromatic rings. The van der Waals surface area contributed by atoms with Gasteiger partial charge in [-0.3, -0.25) is 4.99 Å². The predicted octanol–water partition coefficient (Wildman–Crippen LogP) is 2.87. The van der Waals surface area contributed by atoms with Gasteiger partial charge in [-0.05, 0) is 65.6 Å². The molecule has 0 bridgehead atoms. The van der Waals surface area contributed by atoms with Gasteiger partial charge in [0.15, 0.2) is 5.96 Å². The van der Waals surface area contributed by atoms with Crippen LogP contribution in [0.5, 0.6) is 0 Å². The summed E-state index contributed by atoms with van der Waals surface area (Å²) >= 11 is 0. The Balaban J connectivity index is 1.95. The van der Waals surface area contributed by atoms with Crippen molar-refractivity contribution in [2.75, 3.05) is 53.5 Å². The SMILES string of the molecule is CCNC(=NCCCOCC1CC1)NCCCCCCCN(C)C. The molecule has 0 aromatic carbocycles. The number of nitrogens with zero attached hydrogens (tertiary/aromatic N) is 2. The Bertz CT molecular complexity index is 316. The standard InChI is InChI=1S/C19H40N4O/c1-4-20-19(22-14-10-16-24-17-18-11-12-18)21-13-8-6-5-7-9-15-23(2)3/h18H,4-17H2,1-3H3,(H2,20,21,22). The molecule has 142 valence electrons. The maximum atomic E-state index is 5.65. The smallest absolute Gasteiger partial charge is 0.191 e. The first-order chi connectivity index (χ1) is 11.7. The number of ether oxygens (including phenoxy) is 1. The topological polar surface area (TPSA) is 48.9 Å². The van der Waals surface area contributed by atoms with Crippen molar-refractivity contribution in [3.05, 3.63) is 0 Å². The molecule has 0 radical (unpaired) electrons. The molecule has 5 nitrogen and oxygen atoms in total. The van der Waals surface area contributed by atoms with E-state index in [2.05, 4.69) is 41.5 Å². The normalized spacial score (nSPS) is 15.1. The van der Waals surface area contributed by atoms with Crippen molar-refractivity contribution in [2.45, 2.75) is 58.3 Å². The lowest BCUT2D eigenvalue weighted by Gasteiger charge is -2.11. The molecule has 1 aliphatic rings. The fraction of sp³-hybridized carbons (Fsp3) is 0.947. The van der Waals surface area contributed by atoms with Crippen LogP contribution in [0.25, 0.3) is 0 Å². The summed E-state index contributed by atoms with van der Waals surface area (Å²) in [6, 6.07) is 0. The Morgan fingerprint density at radius 2 is 1.79 bits per heavy atom. The largest absolute Gasteiger partial charge is 0.381 e. The van der Waals surface area contributed by atoms with Gasteiger partial charge in [-0.15, -0.1) is 0 Å². The number of hydrogen-bond donors (Lipinski definition) is 2. The summed E-state index contributed by atoms with van der Waals surface area (Å²) in [5.74, 6) is 1.81. The zero-order valence-electron chi connectivity index (χ0n) is 16.3. The van der Waals surface area contributed by atoms with Crippen LogP contribution in [0.3, 0.4) is 0 Å². The first-order valence-electron chi connectivity index (χ1n) is 9.97. The van der Waals surface area contributed by atoms with Crippen molar-refractivity contribution in [1.82, 2.24) is 15.5 Å². The molecule has 24 heavy (non-hydrogen) atoms. The molecule has 0 aliphatic heterocycles. The van der Waals surface area contributed by atoms with E-state index in [-0.39, 0.29) is 0 Å². The maximum Gasteiger partial charge on any atom is 0.191 e. The highest BCUT2D eigenvalue weighted by Gasteiger charge is 2.20. The van der Waals surface area contributed by atoms with Crippen molar-refractivity contribution >= 4 is 5.96 Å². The predicted molar refractivity (Wildman–Crippen MR) is 104 cm³/mol. The van der Waals surface area contributed by atoms with Crippen LogP contribution in [0.15, 0.2) is 4.99 Å². The van der Waals surface area contributed by atoms with E-state index in [1.807, 2.05) is 0 Å². The Kier molecular flexibility index (Phi) is 12.9. The van der Waals surface area contributed by atoms with Crippen molar-refractivity contribution in [2.24, 2.45) is 10.9 Å². The van der Waals surface area contributed by atoms with E-state index in [9.17, 15) is 0 Å². The number of rotatable bonds is 15. The molecule has 1 aliphatic carbocycles. The van der Waals surface area contributed by atoms with E-state index in [0.717, 1.165) is 51.1 Å².